The highest BCUT2D eigenvalue weighted by molar-refractivity contribution is 7.89. The normalized spacial score (nSPS) is 23.6. The molecule has 0 spiro atoms. The molecule has 142 valence electrons. The monoisotopic (exact) mass is 391 g/mol. The molecule has 0 aromatic heterocycles. The molecular formula is C16H26ClN3O4S. The molecule has 9 heteroatoms. The first-order valence-electron chi connectivity index (χ1n) is 7.97. The van der Waals surface area contributed by atoms with E-state index in [0.29, 0.717) is 6.42 Å². The summed E-state index contributed by atoms with van der Waals surface area (Å²) in [5.41, 5.74) is 10.6. The molecule has 2 unspecified atom stereocenters. The number of amides is 1. The van der Waals surface area contributed by atoms with Gasteiger partial charge in [0, 0.05) is 12.1 Å². The van der Waals surface area contributed by atoms with E-state index in [2.05, 4.69) is 4.72 Å². The fraction of sp³-hybridized carbons (Fsp3) is 0.562. The number of rotatable bonds is 6. The number of nitrogens with one attached hydrogen (secondary N) is 1. The minimum Gasteiger partial charge on any atom is -0.496 e. The predicted octanol–water partition coefficient (Wildman–Crippen LogP) is 1.40. The second-order valence-corrected chi connectivity index (χ2v) is 8.02. The highest BCUT2D eigenvalue weighted by Gasteiger charge is 2.40. The lowest BCUT2D eigenvalue weighted by atomic mass is 9.74. The minimum absolute atomic E-state index is 0. The zero-order valence-electron chi connectivity index (χ0n) is 14.4. The number of ether oxygens (including phenoxy) is 1. The van der Waals surface area contributed by atoms with Crippen LogP contribution in [-0.4, -0.2) is 33.5 Å². The lowest BCUT2D eigenvalue weighted by Gasteiger charge is -2.42. The van der Waals surface area contributed by atoms with Gasteiger partial charge in [-0.3, -0.25) is 4.79 Å². The van der Waals surface area contributed by atoms with E-state index >= 15 is 0 Å². The van der Waals surface area contributed by atoms with E-state index < -0.39 is 21.5 Å². The van der Waals surface area contributed by atoms with Crippen LogP contribution in [0.1, 0.15) is 43.0 Å². The van der Waals surface area contributed by atoms with Crippen molar-refractivity contribution < 1.29 is 17.9 Å². The minimum atomic E-state index is -3.84. The molecular weight excluding hydrogens is 366 g/mol. The molecule has 25 heavy (non-hydrogen) atoms. The second-order valence-electron chi connectivity index (χ2n) is 6.34. The standard InChI is InChI=1S/C16H25N3O4S.ClH/c1-11-5-3-4-8-16(11,10-17)19-24(21,22)12-6-7-14(23-2)13(9-12)15(18)20;/h6-7,9,11,19H,3-5,8,10,17H2,1-2H3,(H2,18,20);1H. The van der Waals surface area contributed by atoms with E-state index in [1.165, 1.54) is 25.3 Å². The third kappa shape index (κ3) is 4.44. The highest BCUT2D eigenvalue weighted by Crippen LogP contribution is 2.34. The van der Waals surface area contributed by atoms with Crippen molar-refractivity contribution in [3.63, 3.8) is 0 Å². The fourth-order valence-corrected chi connectivity index (χ4v) is 4.84. The third-order valence-electron chi connectivity index (χ3n) is 4.90. The van der Waals surface area contributed by atoms with E-state index in [1.807, 2.05) is 6.92 Å². The van der Waals surface area contributed by atoms with E-state index in [9.17, 15) is 13.2 Å². The maximum Gasteiger partial charge on any atom is 0.252 e. The van der Waals surface area contributed by atoms with Gasteiger partial charge in [0.1, 0.15) is 5.75 Å². The average Bonchev–Trinajstić information content (AvgIpc) is 2.56. The van der Waals surface area contributed by atoms with Crippen molar-refractivity contribution in [2.45, 2.75) is 43.0 Å². The van der Waals surface area contributed by atoms with Crippen LogP contribution in [0.3, 0.4) is 0 Å². The molecule has 1 aromatic carbocycles. The summed E-state index contributed by atoms with van der Waals surface area (Å²) in [5, 5.41) is 0. The molecule has 0 bridgehead atoms. The molecule has 2 atom stereocenters. The van der Waals surface area contributed by atoms with Gasteiger partial charge in [0.25, 0.3) is 5.91 Å². The summed E-state index contributed by atoms with van der Waals surface area (Å²) >= 11 is 0. The van der Waals surface area contributed by atoms with Crippen LogP contribution in [0.2, 0.25) is 0 Å². The van der Waals surface area contributed by atoms with Gasteiger partial charge in [0.15, 0.2) is 0 Å². The van der Waals surface area contributed by atoms with Crippen LogP contribution in [0.4, 0.5) is 0 Å². The second kappa shape index (κ2) is 8.35. The molecule has 0 radical (unpaired) electrons. The first-order chi connectivity index (χ1) is 11.3. The van der Waals surface area contributed by atoms with Crippen LogP contribution in [0, 0.1) is 5.92 Å². The lowest BCUT2D eigenvalue weighted by Crippen LogP contribution is -2.58. The van der Waals surface area contributed by atoms with Gasteiger partial charge >= 0.3 is 0 Å². The fourth-order valence-electron chi connectivity index (χ4n) is 3.28. The Bertz CT molecular complexity index is 726. The van der Waals surface area contributed by atoms with Gasteiger partial charge in [-0.2, -0.15) is 0 Å². The summed E-state index contributed by atoms with van der Waals surface area (Å²) < 4.78 is 33.5. The lowest BCUT2D eigenvalue weighted by molar-refractivity contribution is 0.0997. The Kier molecular flexibility index (Phi) is 7.25. The zero-order valence-corrected chi connectivity index (χ0v) is 16.1. The number of halogens is 1. The van der Waals surface area contributed by atoms with Crippen molar-refractivity contribution in [3.8, 4) is 5.75 Å². The number of primary amides is 1. The van der Waals surface area contributed by atoms with Gasteiger partial charge in [-0.05, 0) is 37.0 Å². The molecule has 1 saturated carbocycles. The zero-order chi connectivity index (χ0) is 18.0. The van der Waals surface area contributed by atoms with Crippen molar-refractivity contribution >= 4 is 28.3 Å². The van der Waals surface area contributed by atoms with Crippen LogP contribution in [0.25, 0.3) is 0 Å². The number of carbonyl (C=O) groups excluding carboxylic acids is 1. The van der Waals surface area contributed by atoms with Crippen LogP contribution in [-0.2, 0) is 10.0 Å². The SMILES string of the molecule is COc1ccc(S(=O)(=O)NC2(CN)CCCCC2C)cc1C(N)=O.Cl. The van der Waals surface area contributed by atoms with Crippen LogP contribution < -0.4 is 20.9 Å². The molecule has 0 heterocycles. The molecule has 5 N–H and O–H groups in total. The van der Waals surface area contributed by atoms with Crippen molar-refractivity contribution in [3.05, 3.63) is 23.8 Å². The summed E-state index contributed by atoms with van der Waals surface area (Å²) in [6, 6.07) is 4.06. The highest BCUT2D eigenvalue weighted by atomic mass is 35.5. The Morgan fingerprint density at radius 2 is 2.08 bits per heavy atom. The Labute approximate surface area is 154 Å². The number of methoxy groups -OCH3 is 1. The largest absolute Gasteiger partial charge is 0.496 e. The van der Waals surface area contributed by atoms with Crippen molar-refractivity contribution in [2.24, 2.45) is 17.4 Å². The smallest absolute Gasteiger partial charge is 0.252 e. The maximum absolute atomic E-state index is 12.8. The van der Waals surface area contributed by atoms with E-state index in [-0.39, 0.29) is 41.1 Å². The van der Waals surface area contributed by atoms with Crippen LogP contribution >= 0.6 is 12.4 Å². The first-order valence-corrected chi connectivity index (χ1v) is 9.46. The molecule has 2 rings (SSSR count). The number of hydrogen-bond acceptors (Lipinski definition) is 5. The maximum atomic E-state index is 12.8. The molecule has 1 amide bonds. The van der Waals surface area contributed by atoms with Crippen molar-refractivity contribution in [2.75, 3.05) is 13.7 Å². The van der Waals surface area contributed by atoms with Gasteiger partial charge in [-0.1, -0.05) is 19.8 Å². The van der Waals surface area contributed by atoms with Crippen LogP contribution in [0.15, 0.2) is 23.1 Å². The summed E-state index contributed by atoms with van der Waals surface area (Å²) in [7, 11) is -2.45. The quantitative estimate of drug-likeness (QED) is 0.676. The molecule has 1 aromatic rings. The summed E-state index contributed by atoms with van der Waals surface area (Å²) in [4.78, 5) is 11.5. The number of hydrogen-bond donors (Lipinski definition) is 3. The Morgan fingerprint density at radius 3 is 2.60 bits per heavy atom. The van der Waals surface area contributed by atoms with E-state index in [0.717, 1.165) is 19.3 Å². The number of nitrogens with two attached hydrogens (primary N) is 2. The van der Waals surface area contributed by atoms with Gasteiger partial charge in [0.05, 0.1) is 17.6 Å². The number of benzene rings is 1. The van der Waals surface area contributed by atoms with E-state index in [1.54, 1.807) is 0 Å². The van der Waals surface area contributed by atoms with Gasteiger partial charge in [-0.15, -0.1) is 12.4 Å². The molecule has 1 fully saturated rings. The first kappa shape index (κ1) is 21.7. The van der Waals surface area contributed by atoms with Crippen molar-refractivity contribution in [1.82, 2.24) is 4.72 Å². The van der Waals surface area contributed by atoms with Gasteiger partial charge in [0.2, 0.25) is 10.0 Å². The predicted molar refractivity (Wildman–Crippen MR) is 98.5 cm³/mol. The molecule has 1 aliphatic rings. The topological polar surface area (TPSA) is 125 Å². The van der Waals surface area contributed by atoms with Gasteiger partial charge in [-0.25, -0.2) is 13.1 Å². The van der Waals surface area contributed by atoms with Crippen molar-refractivity contribution in [1.29, 1.82) is 0 Å². The van der Waals surface area contributed by atoms with Crippen LogP contribution in [0.5, 0.6) is 5.75 Å². The Morgan fingerprint density at radius 1 is 1.40 bits per heavy atom. The molecule has 7 nitrogen and oxygen atoms in total. The number of sulfonamides is 1. The summed E-state index contributed by atoms with van der Waals surface area (Å²) in [6.07, 6.45) is 3.62. The number of carbonyl (C=O) groups is 1. The Balaban J connectivity index is 0.00000312. The summed E-state index contributed by atoms with van der Waals surface area (Å²) in [6.45, 7) is 2.24. The van der Waals surface area contributed by atoms with Gasteiger partial charge < -0.3 is 16.2 Å². The molecule has 0 aliphatic heterocycles. The summed E-state index contributed by atoms with van der Waals surface area (Å²) in [5.74, 6) is -0.371. The molecule has 1 aliphatic carbocycles. The average molecular weight is 392 g/mol. The molecule has 0 saturated heterocycles. The van der Waals surface area contributed by atoms with E-state index in [4.69, 9.17) is 16.2 Å². The third-order valence-corrected chi connectivity index (χ3v) is 6.45. The Hall–Kier alpha value is -1.35.